The Labute approximate surface area is 141 Å². The van der Waals surface area contributed by atoms with Gasteiger partial charge >= 0.3 is 5.97 Å². The van der Waals surface area contributed by atoms with Gasteiger partial charge in [0.15, 0.2) is 0 Å². The summed E-state index contributed by atoms with van der Waals surface area (Å²) >= 11 is 7.26. The molecule has 116 valence electrons. The maximum atomic E-state index is 11.0. The summed E-state index contributed by atoms with van der Waals surface area (Å²) in [6.07, 6.45) is -0.866. The van der Waals surface area contributed by atoms with Gasteiger partial charge in [-0.05, 0) is 29.8 Å². The average molecular weight is 346 g/mol. The van der Waals surface area contributed by atoms with E-state index in [1.807, 2.05) is 0 Å². The Bertz CT molecular complexity index is 862. The zero-order valence-electron chi connectivity index (χ0n) is 11.8. The summed E-state index contributed by atoms with van der Waals surface area (Å²) in [5.74, 6) is -0.985. The number of aliphatic hydroxyl groups excluding tert-OH is 1. The van der Waals surface area contributed by atoms with Gasteiger partial charge in [0.05, 0.1) is 11.3 Å². The number of benzene rings is 2. The van der Waals surface area contributed by atoms with Crippen molar-refractivity contribution in [2.45, 2.75) is 6.10 Å². The number of hydrogen-bond acceptors (Lipinski definition) is 4. The number of aromatic nitrogens is 1. The normalized spacial score (nSPS) is 12.1. The van der Waals surface area contributed by atoms with Gasteiger partial charge < -0.3 is 10.2 Å². The predicted molar refractivity (Wildman–Crippen MR) is 90.0 cm³/mol. The standard InChI is InChI=1S/C17H12ClNO3S/c18-13-6-2-4-11(8-13)15(20)16-19-14(9-23-16)10-3-1-5-12(7-10)17(21)22/h1-9,15,20H,(H,21,22). The van der Waals surface area contributed by atoms with Crippen LogP contribution in [-0.2, 0) is 0 Å². The van der Waals surface area contributed by atoms with E-state index < -0.39 is 12.1 Å². The lowest BCUT2D eigenvalue weighted by Gasteiger charge is -2.07. The van der Waals surface area contributed by atoms with Crippen molar-refractivity contribution in [2.24, 2.45) is 0 Å². The fourth-order valence-electron chi connectivity index (χ4n) is 2.18. The van der Waals surface area contributed by atoms with E-state index in [0.717, 1.165) is 0 Å². The molecule has 0 aliphatic carbocycles. The minimum Gasteiger partial charge on any atom is -0.478 e. The molecule has 3 rings (SSSR count). The van der Waals surface area contributed by atoms with Crippen LogP contribution in [-0.4, -0.2) is 21.2 Å². The molecule has 0 saturated heterocycles. The number of rotatable bonds is 4. The largest absolute Gasteiger partial charge is 0.478 e. The van der Waals surface area contributed by atoms with Gasteiger partial charge in [0.25, 0.3) is 0 Å². The molecule has 2 N–H and O–H groups in total. The topological polar surface area (TPSA) is 70.4 Å². The van der Waals surface area contributed by atoms with Crippen molar-refractivity contribution in [3.8, 4) is 11.3 Å². The number of thiazole rings is 1. The third kappa shape index (κ3) is 3.42. The summed E-state index contributed by atoms with van der Waals surface area (Å²) in [6, 6.07) is 13.5. The molecular weight excluding hydrogens is 334 g/mol. The Morgan fingerprint density at radius 1 is 1.17 bits per heavy atom. The van der Waals surface area contributed by atoms with Gasteiger partial charge in [0.1, 0.15) is 11.1 Å². The molecule has 3 aromatic rings. The van der Waals surface area contributed by atoms with E-state index in [1.54, 1.807) is 47.8 Å². The van der Waals surface area contributed by atoms with Gasteiger partial charge in [-0.3, -0.25) is 0 Å². The van der Waals surface area contributed by atoms with Crippen molar-refractivity contribution in [1.82, 2.24) is 4.98 Å². The van der Waals surface area contributed by atoms with Crippen molar-refractivity contribution in [2.75, 3.05) is 0 Å². The van der Waals surface area contributed by atoms with E-state index in [4.69, 9.17) is 16.7 Å². The van der Waals surface area contributed by atoms with Crippen LogP contribution in [0.3, 0.4) is 0 Å². The van der Waals surface area contributed by atoms with E-state index in [2.05, 4.69) is 4.98 Å². The summed E-state index contributed by atoms with van der Waals surface area (Å²) in [5, 5.41) is 22.3. The minimum atomic E-state index is -0.985. The number of carbonyl (C=O) groups is 1. The van der Waals surface area contributed by atoms with Crippen molar-refractivity contribution < 1.29 is 15.0 Å². The molecule has 4 nitrogen and oxygen atoms in total. The summed E-state index contributed by atoms with van der Waals surface area (Å²) in [6.45, 7) is 0. The van der Waals surface area contributed by atoms with Crippen molar-refractivity contribution >= 4 is 28.9 Å². The van der Waals surface area contributed by atoms with Gasteiger partial charge in [-0.2, -0.15) is 0 Å². The van der Waals surface area contributed by atoms with E-state index in [-0.39, 0.29) is 5.56 Å². The number of aliphatic hydroxyl groups is 1. The highest BCUT2D eigenvalue weighted by atomic mass is 35.5. The predicted octanol–water partition coefficient (Wildman–Crippen LogP) is 4.24. The molecule has 0 radical (unpaired) electrons. The fourth-order valence-corrected chi connectivity index (χ4v) is 3.21. The van der Waals surface area contributed by atoms with Crippen LogP contribution in [0, 0.1) is 0 Å². The molecule has 6 heteroatoms. The Balaban J connectivity index is 1.91. The summed E-state index contributed by atoms with van der Waals surface area (Å²) < 4.78 is 0. The second kappa shape index (κ2) is 6.50. The molecule has 0 aliphatic rings. The first-order valence-corrected chi connectivity index (χ1v) is 8.03. The van der Waals surface area contributed by atoms with E-state index in [1.165, 1.54) is 17.4 Å². The first kappa shape index (κ1) is 15.7. The zero-order chi connectivity index (χ0) is 16.4. The highest BCUT2D eigenvalue weighted by Gasteiger charge is 2.16. The maximum Gasteiger partial charge on any atom is 0.335 e. The Hall–Kier alpha value is -2.21. The lowest BCUT2D eigenvalue weighted by Crippen LogP contribution is -1.99. The van der Waals surface area contributed by atoms with E-state index >= 15 is 0 Å². The molecule has 0 spiro atoms. The van der Waals surface area contributed by atoms with E-state index in [9.17, 15) is 9.90 Å². The smallest absolute Gasteiger partial charge is 0.335 e. The zero-order valence-corrected chi connectivity index (χ0v) is 13.4. The van der Waals surface area contributed by atoms with Gasteiger partial charge in [0.2, 0.25) is 0 Å². The molecule has 1 atom stereocenters. The molecule has 1 unspecified atom stereocenters. The van der Waals surface area contributed by atoms with Crippen LogP contribution in [0.25, 0.3) is 11.3 Å². The van der Waals surface area contributed by atoms with Crippen molar-refractivity contribution in [3.63, 3.8) is 0 Å². The summed E-state index contributed by atoms with van der Waals surface area (Å²) in [5.41, 5.74) is 2.20. The van der Waals surface area contributed by atoms with Gasteiger partial charge in [-0.1, -0.05) is 35.9 Å². The molecule has 2 aromatic carbocycles. The number of nitrogens with zero attached hydrogens (tertiary/aromatic N) is 1. The van der Waals surface area contributed by atoms with Crippen LogP contribution in [0.1, 0.15) is 27.0 Å². The van der Waals surface area contributed by atoms with Crippen molar-refractivity contribution in [3.05, 3.63) is 75.1 Å². The summed E-state index contributed by atoms with van der Waals surface area (Å²) in [4.78, 5) is 15.5. The third-order valence-corrected chi connectivity index (χ3v) is 4.46. The quantitative estimate of drug-likeness (QED) is 0.741. The molecule has 1 heterocycles. The second-order valence-corrected chi connectivity index (χ2v) is 6.24. The Morgan fingerprint density at radius 3 is 2.70 bits per heavy atom. The lowest BCUT2D eigenvalue weighted by molar-refractivity contribution is 0.0697. The fraction of sp³-hybridized carbons (Fsp3) is 0.0588. The first-order valence-electron chi connectivity index (χ1n) is 6.77. The highest BCUT2D eigenvalue weighted by molar-refractivity contribution is 7.10. The van der Waals surface area contributed by atoms with Crippen LogP contribution in [0.2, 0.25) is 5.02 Å². The molecule has 0 bridgehead atoms. The molecular formula is C17H12ClNO3S. The third-order valence-electron chi connectivity index (χ3n) is 3.33. The number of hydrogen-bond donors (Lipinski definition) is 2. The minimum absolute atomic E-state index is 0.201. The molecule has 0 aliphatic heterocycles. The second-order valence-electron chi connectivity index (χ2n) is 4.91. The average Bonchev–Trinajstić information content (AvgIpc) is 3.04. The monoisotopic (exact) mass is 345 g/mol. The molecule has 0 amide bonds. The maximum absolute atomic E-state index is 11.0. The Kier molecular flexibility index (Phi) is 4.43. The molecule has 0 saturated carbocycles. The van der Waals surface area contributed by atoms with Crippen LogP contribution in [0.15, 0.2) is 53.9 Å². The Morgan fingerprint density at radius 2 is 1.96 bits per heavy atom. The molecule has 1 aromatic heterocycles. The molecule has 23 heavy (non-hydrogen) atoms. The summed E-state index contributed by atoms with van der Waals surface area (Å²) in [7, 11) is 0. The number of aromatic carboxylic acids is 1. The first-order chi connectivity index (χ1) is 11.0. The lowest BCUT2D eigenvalue weighted by atomic mass is 10.1. The van der Waals surface area contributed by atoms with Crippen LogP contribution < -0.4 is 0 Å². The van der Waals surface area contributed by atoms with Gasteiger partial charge in [-0.25, -0.2) is 9.78 Å². The van der Waals surface area contributed by atoms with Crippen LogP contribution in [0.4, 0.5) is 0 Å². The SMILES string of the molecule is O=C(O)c1cccc(-c2csc(C(O)c3cccc(Cl)c3)n2)c1. The number of carboxylic acid groups (broad SMARTS) is 1. The number of carboxylic acids is 1. The molecule has 0 fully saturated rings. The van der Waals surface area contributed by atoms with Gasteiger partial charge in [-0.15, -0.1) is 11.3 Å². The van der Waals surface area contributed by atoms with Gasteiger partial charge in [0, 0.05) is 16.0 Å². The van der Waals surface area contributed by atoms with Crippen molar-refractivity contribution in [1.29, 1.82) is 0 Å². The highest BCUT2D eigenvalue weighted by Crippen LogP contribution is 2.30. The van der Waals surface area contributed by atoms with E-state index in [0.29, 0.717) is 26.9 Å². The van der Waals surface area contributed by atoms with Crippen LogP contribution in [0.5, 0.6) is 0 Å². The van der Waals surface area contributed by atoms with Crippen LogP contribution >= 0.6 is 22.9 Å². The number of halogens is 1.